The summed E-state index contributed by atoms with van der Waals surface area (Å²) in [7, 11) is -3.23. The lowest BCUT2D eigenvalue weighted by atomic mass is 10.1. The largest absolute Gasteiger partial charge is 0.322 e. The minimum atomic E-state index is -3.23. The molecule has 4 rings (SSSR count). The summed E-state index contributed by atoms with van der Waals surface area (Å²) in [4.78, 5) is 12.7. The Morgan fingerprint density at radius 3 is 2.50 bits per heavy atom. The lowest BCUT2D eigenvalue weighted by molar-refractivity contribution is 0.102. The SMILES string of the molecule is O=C(Nc1ccc(N2CCCS2(=O)=O)cc1)c1cc(-n2cccn2)ccc1Cl. The van der Waals surface area contributed by atoms with E-state index in [4.69, 9.17) is 11.6 Å². The summed E-state index contributed by atoms with van der Waals surface area (Å²) in [5.74, 6) is -0.197. The third kappa shape index (κ3) is 3.61. The molecular formula is C19H17ClN4O3S. The predicted molar refractivity (Wildman–Crippen MR) is 109 cm³/mol. The smallest absolute Gasteiger partial charge is 0.257 e. The van der Waals surface area contributed by atoms with Crippen molar-refractivity contribution in [1.82, 2.24) is 9.78 Å². The minimum Gasteiger partial charge on any atom is -0.322 e. The van der Waals surface area contributed by atoms with Crippen LogP contribution in [0.15, 0.2) is 60.9 Å². The molecule has 1 N–H and O–H groups in total. The van der Waals surface area contributed by atoms with Gasteiger partial charge in [0.25, 0.3) is 5.91 Å². The highest BCUT2D eigenvalue weighted by atomic mass is 35.5. The number of hydrogen-bond donors (Lipinski definition) is 1. The molecule has 2 heterocycles. The number of nitrogens with zero attached hydrogens (tertiary/aromatic N) is 3. The number of carbonyl (C=O) groups is 1. The number of benzene rings is 2. The fourth-order valence-electron chi connectivity index (χ4n) is 3.09. The molecule has 0 bridgehead atoms. The molecule has 1 aliphatic rings. The van der Waals surface area contributed by atoms with Crippen LogP contribution in [0.2, 0.25) is 5.02 Å². The number of amides is 1. The molecule has 0 unspecified atom stereocenters. The van der Waals surface area contributed by atoms with Crippen molar-refractivity contribution >= 4 is 38.9 Å². The highest BCUT2D eigenvalue weighted by molar-refractivity contribution is 7.93. The number of rotatable bonds is 4. The Bertz CT molecular complexity index is 1110. The summed E-state index contributed by atoms with van der Waals surface area (Å²) >= 11 is 6.20. The normalized spacial score (nSPS) is 15.5. The molecule has 2 aromatic carbocycles. The van der Waals surface area contributed by atoms with Gasteiger partial charge in [0.05, 0.1) is 27.7 Å². The standard InChI is InChI=1S/C19H17ClN4O3S/c20-18-8-7-16(23-10-1-9-21-23)13-17(18)19(25)22-14-3-5-15(6-4-14)24-11-2-12-28(24,26)27/h1,3-10,13H,2,11-12H2,(H,22,25). The number of carbonyl (C=O) groups excluding carboxylic acids is 1. The summed E-state index contributed by atoms with van der Waals surface area (Å²) < 4.78 is 27.1. The second kappa shape index (κ2) is 7.29. The molecule has 1 aromatic heterocycles. The van der Waals surface area contributed by atoms with Crippen LogP contribution in [0.4, 0.5) is 11.4 Å². The first-order valence-corrected chi connectivity index (χ1v) is 10.6. The summed E-state index contributed by atoms with van der Waals surface area (Å²) in [5, 5.41) is 7.26. The van der Waals surface area contributed by atoms with Crippen molar-refractivity contribution in [2.24, 2.45) is 0 Å². The Morgan fingerprint density at radius 2 is 1.86 bits per heavy atom. The third-order valence-electron chi connectivity index (χ3n) is 4.48. The molecule has 1 amide bonds. The molecule has 1 fully saturated rings. The van der Waals surface area contributed by atoms with E-state index in [1.807, 2.05) is 0 Å². The summed E-state index contributed by atoms with van der Waals surface area (Å²) in [5.41, 5.74) is 2.18. The van der Waals surface area contributed by atoms with Crippen molar-refractivity contribution in [2.75, 3.05) is 21.9 Å². The average Bonchev–Trinajstić information content (AvgIpc) is 3.32. The van der Waals surface area contributed by atoms with Crippen molar-refractivity contribution in [1.29, 1.82) is 0 Å². The zero-order chi connectivity index (χ0) is 19.7. The zero-order valence-electron chi connectivity index (χ0n) is 14.7. The second-order valence-electron chi connectivity index (χ2n) is 6.36. The van der Waals surface area contributed by atoms with Gasteiger partial charge in [-0.3, -0.25) is 9.10 Å². The predicted octanol–water partition coefficient (Wildman–Crippen LogP) is 3.32. The fourth-order valence-corrected chi connectivity index (χ4v) is 4.86. The first kappa shape index (κ1) is 18.5. The molecule has 0 atom stereocenters. The molecule has 0 spiro atoms. The number of aromatic nitrogens is 2. The Kier molecular flexibility index (Phi) is 4.82. The monoisotopic (exact) mass is 416 g/mol. The Morgan fingerprint density at radius 1 is 1.11 bits per heavy atom. The maximum atomic E-state index is 12.7. The number of nitrogens with one attached hydrogen (secondary N) is 1. The topological polar surface area (TPSA) is 84.3 Å². The highest BCUT2D eigenvalue weighted by Gasteiger charge is 2.28. The van der Waals surface area contributed by atoms with E-state index in [0.29, 0.717) is 40.6 Å². The second-order valence-corrected chi connectivity index (χ2v) is 8.78. The van der Waals surface area contributed by atoms with Crippen LogP contribution < -0.4 is 9.62 Å². The Labute approximate surface area is 167 Å². The van der Waals surface area contributed by atoms with Gasteiger partial charge in [-0.15, -0.1) is 0 Å². The number of halogens is 1. The van der Waals surface area contributed by atoms with Gasteiger partial charge in [-0.2, -0.15) is 5.10 Å². The van der Waals surface area contributed by atoms with E-state index in [9.17, 15) is 13.2 Å². The first-order valence-electron chi connectivity index (χ1n) is 8.65. The van der Waals surface area contributed by atoms with Gasteiger partial charge in [0.2, 0.25) is 10.0 Å². The van der Waals surface area contributed by atoms with Crippen LogP contribution in [0.3, 0.4) is 0 Å². The van der Waals surface area contributed by atoms with E-state index in [2.05, 4.69) is 10.4 Å². The van der Waals surface area contributed by atoms with Crippen molar-refractivity contribution in [3.8, 4) is 5.69 Å². The van der Waals surface area contributed by atoms with Crippen LogP contribution in [-0.4, -0.2) is 36.4 Å². The van der Waals surface area contributed by atoms with Gasteiger partial charge >= 0.3 is 0 Å². The Hall–Kier alpha value is -2.84. The van der Waals surface area contributed by atoms with Gasteiger partial charge in [0.1, 0.15) is 0 Å². The van der Waals surface area contributed by atoms with Crippen LogP contribution >= 0.6 is 11.6 Å². The maximum Gasteiger partial charge on any atom is 0.257 e. The summed E-state index contributed by atoms with van der Waals surface area (Å²) in [6.07, 6.45) is 4.04. The number of hydrogen-bond acceptors (Lipinski definition) is 4. The van der Waals surface area contributed by atoms with Crippen LogP contribution in [0, 0.1) is 0 Å². The van der Waals surface area contributed by atoms with Crippen molar-refractivity contribution < 1.29 is 13.2 Å². The lowest BCUT2D eigenvalue weighted by Gasteiger charge is -2.17. The van der Waals surface area contributed by atoms with E-state index in [1.54, 1.807) is 65.6 Å². The molecule has 0 radical (unpaired) electrons. The van der Waals surface area contributed by atoms with Crippen molar-refractivity contribution in [3.05, 3.63) is 71.5 Å². The van der Waals surface area contributed by atoms with E-state index in [-0.39, 0.29) is 11.7 Å². The molecule has 3 aromatic rings. The van der Waals surface area contributed by atoms with Gasteiger partial charge in [0, 0.05) is 24.6 Å². The summed E-state index contributed by atoms with van der Waals surface area (Å²) in [6.45, 7) is 0.476. The third-order valence-corrected chi connectivity index (χ3v) is 6.68. The molecule has 1 saturated heterocycles. The van der Waals surface area contributed by atoms with Gasteiger partial charge in [0.15, 0.2) is 0 Å². The molecule has 9 heteroatoms. The highest BCUT2D eigenvalue weighted by Crippen LogP contribution is 2.26. The van der Waals surface area contributed by atoms with E-state index in [0.717, 1.165) is 0 Å². The molecule has 7 nitrogen and oxygen atoms in total. The Balaban J connectivity index is 1.53. The molecule has 1 aliphatic heterocycles. The average molecular weight is 417 g/mol. The van der Waals surface area contributed by atoms with Crippen LogP contribution in [0.25, 0.3) is 5.69 Å². The molecule has 28 heavy (non-hydrogen) atoms. The van der Waals surface area contributed by atoms with Gasteiger partial charge in [-0.25, -0.2) is 13.1 Å². The fraction of sp³-hybridized carbons (Fsp3) is 0.158. The number of anilines is 2. The van der Waals surface area contributed by atoms with Crippen LogP contribution in [-0.2, 0) is 10.0 Å². The van der Waals surface area contributed by atoms with Gasteiger partial charge < -0.3 is 5.32 Å². The van der Waals surface area contributed by atoms with E-state index < -0.39 is 10.0 Å². The zero-order valence-corrected chi connectivity index (χ0v) is 16.3. The maximum absolute atomic E-state index is 12.7. The lowest BCUT2D eigenvalue weighted by Crippen LogP contribution is -2.25. The van der Waals surface area contributed by atoms with Gasteiger partial charge in [-0.05, 0) is 55.0 Å². The van der Waals surface area contributed by atoms with Crippen LogP contribution in [0.5, 0.6) is 0 Å². The van der Waals surface area contributed by atoms with Gasteiger partial charge in [-0.1, -0.05) is 11.6 Å². The molecular weight excluding hydrogens is 400 g/mol. The van der Waals surface area contributed by atoms with Crippen molar-refractivity contribution in [2.45, 2.75) is 6.42 Å². The quantitative estimate of drug-likeness (QED) is 0.707. The van der Waals surface area contributed by atoms with E-state index >= 15 is 0 Å². The van der Waals surface area contributed by atoms with Crippen molar-refractivity contribution in [3.63, 3.8) is 0 Å². The molecule has 0 aliphatic carbocycles. The first-order chi connectivity index (χ1) is 13.4. The van der Waals surface area contributed by atoms with Crippen LogP contribution in [0.1, 0.15) is 16.8 Å². The molecule has 144 valence electrons. The molecule has 0 saturated carbocycles. The minimum absolute atomic E-state index is 0.163. The summed E-state index contributed by atoms with van der Waals surface area (Å²) in [6, 6.07) is 13.6. The van der Waals surface area contributed by atoms with E-state index in [1.165, 1.54) is 4.31 Å². The number of sulfonamides is 1.